The van der Waals surface area contributed by atoms with Crippen molar-refractivity contribution in [2.45, 2.75) is 13.3 Å². The van der Waals surface area contributed by atoms with Gasteiger partial charge in [0.15, 0.2) is 0 Å². The number of aryl methyl sites for hydroxylation is 1. The first kappa shape index (κ1) is 14.5. The lowest BCUT2D eigenvalue weighted by Crippen LogP contribution is -2.00. The molecule has 0 saturated heterocycles. The lowest BCUT2D eigenvalue weighted by Gasteiger charge is -2.08. The zero-order valence-electron chi connectivity index (χ0n) is 11.3. The van der Waals surface area contributed by atoms with Crippen LogP contribution in [0, 0.1) is 17.0 Å². The second kappa shape index (κ2) is 6.04. The van der Waals surface area contributed by atoms with Gasteiger partial charge in [-0.15, -0.1) is 0 Å². The summed E-state index contributed by atoms with van der Waals surface area (Å²) in [6, 6.07) is 11.3. The number of carboxylic acids is 1. The maximum atomic E-state index is 11.1. The molecule has 21 heavy (non-hydrogen) atoms. The molecule has 0 heterocycles. The molecule has 0 fully saturated rings. The molecule has 0 unspecified atom stereocenters. The summed E-state index contributed by atoms with van der Waals surface area (Å²) >= 11 is 0. The molecule has 1 N–H and O–H groups in total. The van der Waals surface area contributed by atoms with Gasteiger partial charge in [-0.25, -0.2) is 0 Å². The van der Waals surface area contributed by atoms with E-state index in [1.807, 2.05) is 0 Å². The Morgan fingerprint density at radius 3 is 2.67 bits per heavy atom. The third kappa shape index (κ3) is 3.56. The Morgan fingerprint density at radius 2 is 2.00 bits per heavy atom. The molecule has 0 aromatic heterocycles. The summed E-state index contributed by atoms with van der Waals surface area (Å²) in [4.78, 5) is 21.3. The molecular weight excluding hydrogens is 274 g/mol. The summed E-state index contributed by atoms with van der Waals surface area (Å²) in [5.41, 5.74) is 0.968. The number of hydrogen-bond donors (Lipinski definition) is 1. The van der Waals surface area contributed by atoms with Crippen LogP contribution in [0.4, 0.5) is 5.69 Å². The largest absolute Gasteiger partial charge is 0.481 e. The molecule has 0 atom stereocenters. The van der Waals surface area contributed by atoms with Crippen molar-refractivity contribution in [2.75, 3.05) is 0 Å². The minimum atomic E-state index is -0.950. The number of nitro benzene ring substituents is 1. The van der Waals surface area contributed by atoms with E-state index in [2.05, 4.69) is 0 Å². The molecule has 0 radical (unpaired) electrons. The van der Waals surface area contributed by atoms with E-state index >= 15 is 0 Å². The average molecular weight is 287 g/mol. The van der Waals surface area contributed by atoms with Gasteiger partial charge in [0, 0.05) is 5.56 Å². The van der Waals surface area contributed by atoms with Gasteiger partial charge in [0.1, 0.15) is 5.75 Å². The minimum absolute atomic E-state index is 0.0962. The minimum Gasteiger partial charge on any atom is -0.481 e. The highest BCUT2D eigenvalue weighted by atomic mass is 16.6. The van der Waals surface area contributed by atoms with Crippen LogP contribution in [0.5, 0.6) is 11.5 Å². The van der Waals surface area contributed by atoms with E-state index in [1.54, 1.807) is 43.3 Å². The highest BCUT2D eigenvalue weighted by Gasteiger charge is 2.18. The highest BCUT2D eigenvalue weighted by Crippen LogP contribution is 2.34. The van der Waals surface area contributed by atoms with Gasteiger partial charge >= 0.3 is 11.7 Å². The van der Waals surface area contributed by atoms with Crippen molar-refractivity contribution in [3.63, 3.8) is 0 Å². The van der Waals surface area contributed by atoms with Crippen LogP contribution in [-0.4, -0.2) is 16.0 Å². The van der Waals surface area contributed by atoms with Crippen molar-refractivity contribution in [3.8, 4) is 11.5 Å². The Kier molecular flexibility index (Phi) is 4.18. The van der Waals surface area contributed by atoms with Gasteiger partial charge in [-0.1, -0.05) is 24.3 Å². The molecule has 2 aromatic rings. The van der Waals surface area contributed by atoms with E-state index in [4.69, 9.17) is 9.84 Å². The van der Waals surface area contributed by atoms with E-state index in [1.165, 1.54) is 6.07 Å². The molecule has 2 rings (SSSR count). The van der Waals surface area contributed by atoms with E-state index in [0.29, 0.717) is 16.9 Å². The van der Waals surface area contributed by atoms with E-state index in [0.717, 1.165) is 0 Å². The summed E-state index contributed by atoms with van der Waals surface area (Å²) in [6.45, 7) is 1.63. The number of para-hydroxylation sites is 1. The smallest absolute Gasteiger partial charge is 0.314 e. The van der Waals surface area contributed by atoms with Crippen LogP contribution in [0.2, 0.25) is 0 Å². The van der Waals surface area contributed by atoms with Gasteiger partial charge in [0.05, 0.1) is 11.3 Å². The van der Waals surface area contributed by atoms with Crippen molar-refractivity contribution in [2.24, 2.45) is 0 Å². The third-order valence-corrected chi connectivity index (χ3v) is 2.86. The van der Waals surface area contributed by atoms with Crippen LogP contribution < -0.4 is 4.74 Å². The van der Waals surface area contributed by atoms with Gasteiger partial charge in [-0.05, 0) is 30.7 Å². The number of aliphatic carboxylic acids is 1. The Labute approximate surface area is 120 Å². The van der Waals surface area contributed by atoms with E-state index in [9.17, 15) is 14.9 Å². The molecule has 0 aliphatic carbocycles. The second-order valence-electron chi connectivity index (χ2n) is 4.50. The Hall–Kier alpha value is -2.89. The van der Waals surface area contributed by atoms with Gasteiger partial charge in [0.2, 0.25) is 5.75 Å². The highest BCUT2D eigenvalue weighted by molar-refractivity contribution is 5.70. The number of benzene rings is 2. The monoisotopic (exact) mass is 287 g/mol. The van der Waals surface area contributed by atoms with Crippen LogP contribution in [-0.2, 0) is 11.2 Å². The molecule has 0 aliphatic heterocycles. The first-order valence-corrected chi connectivity index (χ1v) is 6.20. The number of nitro groups is 1. The van der Waals surface area contributed by atoms with Crippen molar-refractivity contribution in [3.05, 3.63) is 63.7 Å². The van der Waals surface area contributed by atoms with Crippen molar-refractivity contribution >= 4 is 11.7 Å². The molecular formula is C15H13NO5. The average Bonchev–Trinajstić information content (AvgIpc) is 2.37. The lowest BCUT2D eigenvalue weighted by molar-refractivity contribution is -0.386. The molecule has 108 valence electrons. The predicted octanol–water partition coefficient (Wildman–Crippen LogP) is 3.32. The number of nitrogens with zero attached hydrogens (tertiary/aromatic N) is 1. The standard InChI is InChI=1S/C15H13NO5/c1-10-4-2-7-13(15(10)16(19)20)21-12-6-3-5-11(8-12)9-14(17)18/h2-8H,9H2,1H3,(H,17,18). The molecule has 0 saturated carbocycles. The van der Waals surface area contributed by atoms with Gasteiger partial charge in [-0.2, -0.15) is 0 Å². The van der Waals surface area contributed by atoms with Crippen LogP contribution >= 0.6 is 0 Å². The molecule has 0 bridgehead atoms. The second-order valence-corrected chi connectivity index (χ2v) is 4.50. The first-order chi connectivity index (χ1) is 9.97. The van der Waals surface area contributed by atoms with Crippen LogP contribution in [0.3, 0.4) is 0 Å². The maximum Gasteiger partial charge on any atom is 0.314 e. The Bertz CT molecular complexity index is 696. The number of hydrogen-bond acceptors (Lipinski definition) is 4. The summed E-state index contributed by atoms with van der Waals surface area (Å²) in [5, 5.41) is 19.9. The van der Waals surface area contributed by atoms with Gasteiger partial charge in [-0.3, -0.25) is 14.9 Å². The van der Waals surface area contributed by atoms with Crippen LogP contribution in [0.25, 0.3) is 0 Å². The number of carboxylic acid groups (broad SMARTS) is 1. The molecule has 0 amide bonds. The van der Waals surface area contributed by atoms with Crippen molar-refractivity contribution in [1.82, 2.24) is 0 Å². The topological polar surface area (TPSA) is 89.7 Å². The molecule has 2 aromatic carbocycles. The normalized spacial score (nSPS) is 10.1. The third-order valence-electron chi connectivity index (χ3n) is 2.86. The molecule has 0 aliphatic rings. The number of ether oxygens (including phenoxy) is 1. The molecule has 6 nitrogen and oxygen atoms in total. The number of rotatable bonds is 5. The summed E-state index contributed by atoms with van der Waals surface area (Å²) < 4.78 is 5.54. The van der Waals surface area contributed by atoms with Crippen LogP contribution in [0.1, 0.15) is 11.1 Å². The summed E-state index contributed by atoms with van der Waals surface area (Å²) in [5.74, 6) is -0.455. The fraction of sp³-hybridized carbons (Fsp3) is 0.133. The SMILES string of the molecule is Cc1cccc(Oc2cccc(CC(=O)O)c2)c1[N+](=O)[O-]. The zero-order chi connectivity index (χ0) is 15.4. The lowest BCUT2D eigenvalue weighted by atomic mass is 10.1. The van der Waals surface area contributed by atoms with E-state index < -0.39 is 10.9 Å². The summed E-state index contributed by atoms with van der Waals surface area (Å²) in [6.07, 6.45) is -0.132. The fourth-order valence-corrected chi connectivity index (χ4v) is 1.97. The maximum absolute atomic E-state index is 11.1. The van der Waals surface area contributed by atoms with Crippen molar-refractivity contribution in [1.29, 1.82) is 0 Å². The number of carbonyl (C=O) groups is 1. The van der Waals surface area contributed by atoms with Crippen molar-refractivity contribution < 1.29 is 19.6 Å². The van der Waals surface area contributed by atoms with Gasteiger partial charge in [0.25, 0.3) is 0 Å². The Balaban J connectivity index is 2.32. The molecule has 0 spiro atoms. The predicted molar refractivity (Wildman–Crippen MR) is 75.7 cm³/mol. The van der Waals surface area contributed by atoms with Gasteiger partial charge < -0.3 is 9.84 Å². The first-order valence-electron chi connectivity index (χ1n) is 6.20. The zero-order valence-corrected chi connectivity index (χ0v) is 11.3. The van der Waals surface area contributed by atoms with E-state index in [-0.39, 0.29) is 17.9 Å². The Morgan fingerprint density at radius 1 is 1.29 bits per heavy atom. The fourth-order valence-electron chi connectivity index (χ4n) is 1.97. The molecule has 6 heteroatoms. The summed E-state index contributed by atoms with van der Waals surface area (Å²) in [7, 11) is 0. The quantitative estimate of drug-likeness (QED) is 0.673. The van der Waals surface area contributed by atoms with Crippen LogP contribution in [0.15, 0.2) is 42.5 Å².